The second kappa shape index (κ2) is 5.87. The summed E-state index contributed by atoms with van der Waals surface area (Å²) in [5.74, 6) is 0. The fourth-order valence-electron chi connectivity index (χ4n) is 1.87. The van der Waals surface area contributed by atoms with Crippen molar-refractivity contribution in [3.8, 4) is 5.69 Å². The topological polar surface area (TPSA) is 50.9 Å². The maximum Gasteiger partial charge on any atom is 0.112 e. The van der Waals surface area contributed by atoms with Gasteiger partial charge in [-0.25, -0.2) is 0 Å². The van der Waals surface area contributed by atoms with Crippen molar-refractivity contribution in [3.05, 3.63) is 63.0 Å². The molecule has 0 saturated heterocycles. The van der Waals surface area contributed by atoms with E-state index >= 15 is 0 Å². The molecule has 6 heteroatoms. The summed E-state index contributed by atoms with van der Waals surface area (Å²) in [5, 5.41) is 20.7. The maximum atomic E-state index is 10.2. The number of rotatable bonds is 4. The number of aliphatic hydroxyl groups is 1. The molecule has 1 atom stereocenters. The highest BCUT2D eigenvalue weighted by atomic mass is 79.9. The van der Waals surface area contributed by atoms with Gasteiger partial charge in [-0.2, -0.15) is 15.0 Å². The summed E-state index contributed by atoms with van der Waals surface area (Å²) in [4.78, 5) is 2.64. The van der Waals surface area contributed by atoms with E-state index in [9.17, 15) is 5.11 Å². The Kier molecular flexibility index (Phi) is 3.95. The van der Waals surface area contributed by atoms with Crippen LogP contribution in [0.2, 0.25) is 0 Å². The van der Waals surface area contributed by atoms with E-state index in [1.807, 2.05) is 41.8 Å². The zero-order chi connectivity index (χ0) is 13.9. The third-order valence-electron chi connectivity index (χ3n) is 2.85. The molecule has 0 bridgehead atoms. The van der Waals surface area contributed by atoms with Gasteiger partial charge in [0, 0.05) is 21.2 Å². The maximum absolute atomic E-state index is 10.2. The summed E-state index contributed by atoms with van der Waals surface area (Å²) in [6, 6.07) is 11.7. The Morgan fingerprint density at radius 1 is 1.30 bits per heavy atom. The highest BCUT2D eigenvalue weighted by Crippen LogP contribution is 2.24. The first kappa shape index (κ1) is 13.5. The average Bonchev–Trinajstić information content (AvgIpc) is 3.09. The molecule has 4 nitrogen and oxygen atoms in total. The SMILES string of the molecule is OC(Cc1cc(Br)cs1)c1cnn(-c2ccccc2)n1. The van der Waals surface area contributed by atoms with Crippen molar-refractivity contribution >= 4 is 27.3 Å². The Bertz CT molecular complexity index is 695. The minimum Gasteiger partial charge on any atom is -0.386 e. The van der Waals surface area contributed by atoms with Gasteiger partial charge in [0.25, 0.3) is 0 Å². The molecule has 102 valence electrons. The van der Waals surface area contributed by atoms with Crippen LogP contribution < -0.4 is 0 Å². The first-order valence-corrected chi connectivity index (χ1v) is 7.78. The van der Waals surface area contributed by atoms with Crippen molar-refractivity contribution in [2.45, 2.75) is 12.5 Å². The lowest BCUT2D eigenvalue weighted by Gasteiger charge is -2.04. The number of halogens is 1. The summed E-state index contributed by atoms with van der Waals surface area (Å²) in [6.07, 6.45) is 1.52. The predicted molar refractivity (Wildman–Crippen MR) is 82.0 cm³/mol. The number of hydrogen-bond acceptors (Lipinski definition) is 4. The van der Waals surface area contributed by atoms with Gasteiger partial charge < -0.3 is 5.11 Å². The minimum atomic E-state index is -0.641. The molecule has 0 fully saturated rings. The summed E-state index contributed by atoms with van der Waals surface area (Å²) in [6.45, 7) is 0. The molecule has 0 aliphatic rings. The molecule has 20 heavy (non-hydrogen) atoms. The second-order valence-corrected chi connectivity index (χ2v) is 6.26. The molecular weight excluding hydrogens is 338 g/mol. The monoisotopic (exact) mass is 349 g/mol. The number of benzene rings is 1. The first-order chi connectivity index (χ1) is 9.72. The van der Waals surface area contributed by atoms with Crippen LogP contribution in [-0.2, 0) is 6.42 Å². The van der Waals surface area contributed by atoms with Crippen LogP contribution in [0.4, 0.5) is 0 Å². The van der Waals surface area contributed by atoms with Crippen molar-refractivity contribution in [2.75, 3.05) is 0 Å². The van der Waals surface area contributed by atoms with E-state index in [0.29, 0.717) is 12.1 Å². The van der Waals surface area contributed by atoms with Crippen molar-refractivity contribution in [1.29, 1.82) is 0 Å². The number of para-hydroxylation sites is 1. The van der Waals surface area contributed by atoms with Crippen molar-refractivity contribution in [1.82, 2.24) is 15.0 Å². The van der Waals surface area contributed by atoms with Crippen molar-refractivity contribution in [3.63, 3.8) is 0 Å². The van der Waals surface area contributed by atoms with Crippen LogP contribution in [0, 0.1) is 0 Å². The molecular formula is C14H12BrN3OS. The highest BCUT2D eigenvalue weighted by Gasteiger charge is 2.14. The van der Waals surface area contributed by atoms with Crippen molar-refractivity contribution in [2.24, 2.45) is 0 Å². The molecule has 1 unspecified atom stereocenters. The first-order valence-electron chi connectivity index (χ1n) is 6.11. The zero-order valence-electron chi connectivity index (χ0n) is 10.5. The van der Waals surface area contributed by atoms with Gasteiger partial charge in [-0.3, -0.25) is 0 Å². The van der Waals surface area contributed by atoms with E-state index < -0.39 is 6.10 Å². The molecule has 2 aromatic heterocycles. The lowest BCUT2D eigenvalue weighted by Crippen LogP contribution is -2.04. The summed E-state index contributed by atoms with van der Waals surface area (Å²) in [5.41, 5.74) is 1.46. The zero-order valence-corrected chi connectivity index (χ0v) is 12.9. The van der Waals surface area contributed by atoms with E-state index in [1.54, 1.807) is 17.5 Å². The van der Waals surface area contributed by atoms with Crippen LogP contribution in [0.1, 0.15) is 16.7 Å². The van der Waals surface area contributed by atoms with E-state index in [-0.39, 0.29) is 0 Å². The lowest BCUT2D eigenvalue weighted by atomic mass is 10.2. The fraction of sp³-hybridized carbons (Fsp3) is 0.143. The molecule has 1 aromatic carbocycles. The van der Waals surface area contributed by atoms with Gasteiger partial charge in [0.2, 0.25) is 0 Å². The smallest absolute Gasteiger partial charge is 0.112 e. The molecule has 0 amide bonds. The van der Waals surface area contributed by atoms with E-state index in [0.717, 1.165) is 15.0 Å². The van der Waals surface area contributed by atoms with Gasteiger partial charge in [-0.1, -0.05) is 18.2 Å². The van der Waals surface area contributed by atoms with Gasteiger partial charge in [0.15, 0.2) is 0 Å². The number of hydrogen-bond donors (Lipinski definition) is 1. The van der Waals surface area contributed by atoms with Crippen LogP contribution in [0.3, 0.4) is 0 Å². The Morgan fingerprint density at radius 3 is 2.80 bits per heavy atom. The van der Waals surface area contributed by atoms with E-state index in [2.05, 4.69) is 26.1 Å². The minimum absolute atomic E-state index is 0.545. The lowest BCUT2D eigenvalue weighted by molar-refractivity contribution is 0.174. The Morgan fingerprint density at radius 2 is 2.10 bits per heavy atom. The molecule has 1 N–H and O–H groups in total. The number of aliphatic hydroxyl groups excluding tert-OH is 1. The fourth-order valence-corrected chi connectivity index (χ4v) is 3.36. The number of aromatic nitrogens is 3. The average molecular weight is 350 g/mol. The van der Waals surface area contributed by atoms with Gasteiger partial charge in [0.1, 0.15) is 11.8 Å². The Labute approximate surface area is 128 Å². The predicted octanol–water partition coefficient (Wildman–Crippen LogP) is 3.37. The Balaban J connectivity index is 1.76. The number of thiophene rings is 1. The number of nitrogens with zero attached hydrogens (tertiary/aromatic N) is 3. The van der Waals surface area contributed by atoms with Crippen LogP contribution in [-0.4, -0.2) is 20.1 Å². The largest absolute Gasteiger partial charge is 0.386 e. The summed E-state index contributed by atoms with van der Waals surface area (Å²) in [7, 11) is 0. The molecule has 2 heterocycles. The quantitative estimate of drug-likeness (QED) is 0.785. The van der Waals surface area contributed by atoms with E-state index in [1.165, 1.54) is 4.80 Å². The van der Waals surface area contributed by atoms with Crippen LogP contribution in [0.25, 0.3) is 5.69 Å². The summed E-state index contributed by atoms with van der Waals surface area (Å²) >= 11 is 5.02. The second-order valence-electron chi connectivity index (χ2n) is 4.35. The highest BCUT2D eigenvalue weighted by molar-refractivity contribution is 9.10. The Hall–Kier alpha value is -1.50. The van der Waals surface area contributed by atoms with Gasteiger partial charge in [0.05, 0.1) is 11.9 Å². The van der Waals surface area contributed by atoms with Crippen LogP contribution in [0.15, 0.2) is 52.4 Å². The molecule has 0 saturated carbocycles. The molecule has 0 aliphatic heterocycles. The standard InChI is InChI=1S/C14H12BrN3OS/c15-10-6-12(20-9-10)7-14(19)13-8-16-18(17-13)11-4-2-1-3-5-11/h1-6,8-9,14,19H,7H2. The normalized spacial score (nSPS) is 12.5. The molecule has 0 aliphatic carbocycles. The molecule has 3 aromatic rings. The van der Waals surface area contributed by atoms with Crippen molar-refractivity contribution < 1.29 is 5.11 Å². The van der Waals surface area contributed by atoms with Crippen LogP contribution in [0.5, 0.6) is 0 Å². The summed E-state index contributed by atoms with van der Waals surface area (Å²) < 4.78 is 1.04. The van der Waals surface area contributed by atoms with Gasteiger partial charge in [-0.15, -0.1) is 11.3 Å². The van der Waals surface area contributed by atoms with Gasteiger partial charge in [-0.05, 0) is 34.1 Å². The molecule has 0 spiro atoms. The van der Waals surface area contributed by atoms with Crippen LogP contribution >= 0.6 is 27.3 Å². The van der Waals surface area contributed by atoms with E-state index in [4.69, 9.17) is 0 Å². The third kappa shape index (κ3) is 2.98. The van der Waals surface area contributed by atoms with Gasteiger partial charge >= 0.3 is 0 Å². The molecule has 3 rings (SSSR count). The third-order valence-corrected chi connectivity index (χ3v) is 4.57. The molecule has 0 radical (unpaired) electrons.